The summed E-state index contributed by atoms with van der Waals surface area (Å²) in [6, 6.07) is 0. The smallest absolute Gasteiger partial charge is 0.192 e. The van der Waals surface area contributed by atoms with Gasteiger partial charge in [0.25, 0.3) is 0 Å². The molecule has 0 bridgehead atoms. The molecule has 1 nitrogen and oxygen atoms in total. The van der Waals surface area contributed by atoms with Gasteiger partial charge in [0.2, 0.25) is 0 Å². The van der Waals surface area contributed by atoms with Crippen molar-refractivity contribution in [1.29, 1.82) is 0 Å². The molecule has 2 rings (SSSR count). The van der Waals surface area contributed by atoms with Crippen LogP contribution < -0.4 is 0 Å². The minimum atomic E-state index is -1.75. The molecule has 0 radical (unpaired) electrons. The summed E-state index contributed by atoms with van der Waals surface area (Å²) in [7, 11) is -3.16. The Labute approximate surface area is 173 Å². The van der Waals surface area contributed by atoms with Gasteiger partial charge in [0.05, 0.1) is 14.2 Å². The van der Waals surface area contributed by atoms with E-state index in [1.54, 1.807) is 0 Å². The molecular formula is C24H50OSi2. The third kappa shape index (κ3) is 3.79. The van der Waals surface area contributed by atoms with Crippen LogP contribution in [0.2, 0.25) is 39.3 Å². The molecule has 1 aliphatic carbocycles. The number of hydrogen-bond donors (Lipinski definition) is 0. The molecule has 160 valence electrons. The molecule has 4 atom stereocenters. The van der Waals surface area contributed by atoms with Crippen LogP contribution in [0.25, 0.3) is 0 Å². The minimum absolute atomic E-state index is 0.292. The van der Waals surface area contributed by atoms with Crippen LogP contribution >= 0.6 is 0 Å². The monoisotopic (exact) mass is 410 g/mol. The lowest BCUT2D eigenvalue weighted by molar-refractivity contribution is 0.0634. The summed E-state index contributed by atoms with van der Waals surface area (Å²) in [5, 5.41) is 1.27. The normalized spacial score (nSPS) is 30.2. The van der Waals surface area contributed by atoms with Gasteiger partial charge in [-0.25, -0.2) is 0 Å². The third-order valence-electron chi connectivity index (χ3n) is 8.75. The Morgan fingerprint density at radius 3 is 1.70 bits per heavy atom. The summed E-state index contributed by atoms with van der Waals surface area (Å²) in [5.41, 5.74) is 2.00. The van der Waals surface area contributed by atoms with Crippen LogP contribution in [0.3, 0.4) is 0 Å². The van der Waals surface area contributed by atoms with Crippen molar-refractivity contribution in [3.05, 3.63) is 0 Å². The van der Waals surface area contributed by atoms with Crippen molar-refractivity contribution in [2.45, 2.75) is 141 Å². The summed E-state index contributed by atoms with van der Waals surface area (Å²) >= 11 is 0. The zero-order valence-corrected chi connectivity index (χ0v) is 22.9. The maximum atomic E-state index is 7.18. The van der Waals surface area contributed by atoms with E-state index in [4.69, 9.17) is 4.43 Å². The first-order chi connectivity index (χ1) is 11.9. The largest absolute Gasteiger partial charge is 0.413 e. The van der Waals surface area contributed by atoms with Gasteiger partial charge in [0, 0.05) is 0 Å². The molecule has 0 amide bonds. The second-order valence-corrected chi connectivity index (χ2v) is 24.6. The van der Waals surface area contributed by atoms with Crippen LogP contribution in [0.15, 0.2) is 0 Å². The Morgan fingerprint density at radius 1 is 0.852 bits per heavy atom. The summed E-state index contributed by atoms with van der Waals surface area (Å²) < 4.78 is 7.18. The van der Waals surface area contributed by atoms with Gasteiger partial charge in [-0.2, -0.15) is 0 Å². The number of rotatable bonds is 4. The molecule has 0 aromatic heterocycles. The van der Waals surface area contributed by atoms with Crippen molar-refractivity contribution >= 4 is 16.4 Å². The molecule has 1 saturated heterocycles. The van der Waals surface area contributed by atoms with E-state index in [1.807, 2.05) is 0 Å². The highest BCUT2D eigenvalue weighted by atomic mass is 28.4. The average Bonchev–Trinajstić information content (AvgIpc) is 3.13. The highest BCUT2D eigenvalue weighted by Gasteiger charge is 2.78. The molecule has 2 aliphatic rings. The van der Waals surface area contributed by atoms with Crippen LogP contribution in [0.4, 0.5) is 0 Å². The van der Waals surface area contributed by atoms with Crippen molar-refractivity contribution in [2.24, 2.45) is 11.8 Å². The fourth-order valence-corrected chi connectivity index (χ4v) is 18.7. The Morgan fingerprint density at radius 2 is 1.33 bits per heavy atom. The lowest BCUT2D eigenvalue weighted by Gasteiger charge is -2.46. The fraction of sp³-hybridized carbons (Fsp3) is 1.00. The van der Waals surface area contributed by atoms with Crippen molar-refractivity contribution < 1.29 is 4.43 Å². The molecule has 0 unspecified atom stereocenters. The van der Waals surface area contributed by atoms with Gasteiger partial charge in [-0.05, 0) is 57.5 Å². The second-order valence-electron chi connectivity index (χ2n) is 13.7. The van der Waals surface area contributed by atoms with E-state index in [-0.39, 0.29) is 0 Å². The Hall–Kier alpha value is 0.394. The molecule has 0 N–H and O–H groups in total. The van der Waals surface area contributed by atoms with Crippen LogP contribution in [-0.4, -0.2) is 22.5 Å². The van der Waals surface area contributed by atoms with Crippen LogP contribution in [0.5, 0.6) is 0 Å². The van der Waals surface area contributed by atoms with Crippen LogP contribution in [-0.2, 0) is 4.43 Å². The van der Waals surface area contributed by atoms with Crippen molar-refractivity contribution in [3.63, 3.8) is 0 Å². The van der Waals surface area contributed by atoms with Gasteiger partial charge >= 0.3 is 0 Å². The Balaban J connectivity index is 2.42. The van der Waals surface area contributed by atoms with Crippen molar-refractivity contribution in [2.75, 3.05) is 0 Å². The number of fused-ring (bicyclic) bond motifs is 1. The van der Waals surface area contributed by atoms with Gasteiger partial charge in [-0.1, -0.05) is 89.0 Å². The molecule has 1 aliphatic heterocycles. The van der Waals surface area contributed by atoms with Gasteiger partial charge < -0.3 is 4.43 Å². The van der Waals surface area contributed by atoms with Gasteiger partial charge in [0.15, 0.2) is 8.32 Å². The lowest BCUT2D eigenvalue weighted by atomic mass is 9.81. The first-order valence-corrected chi connectivity index (χ1v) is 16.6. The molecule has 2 fully saturated rings. The summed E-state index contributed by atoms with van der Waals surface area (Å²) in [6.45, 7) is 32.3. The second kappa shape index (κ2) is 6.98. The third-order valence-corrected chi connectivity index (χ3v) is 21.5. The molecule has 1 saturated carbocycles. The molecule has 3 heteroatoms. The molecule has 27 heavy (non-hydrogen) atoms. The Kier molecular flexibility index (Phi) is 6.12. The Bertz CT molecular complexity index is 516. The van der Waals surface area contributed by atoms with E-state index in [0.717, 1.165) is 17.0 Å². The highest BCUT2D eigenvalue weighted by Crippen LogP contribution is 2.83. The standard InChI is InChI=1S/C24H50OSi2/c1-17(2)20(25-26(12,13)22(3,4)5)18-15-14-16-19-21(18)27(19,23(6,7)8)24(9,10)11/h17-21H,14-16H2,1-13H3/t18-,19+,20+,21-/m1/s1. The van der Waals surface area contributed by atoms with E-state index >= 15 is 0 Å². The summed E-state index contributed by atoms with van der Waals surface area (Å²) in [4.78, 5) is 0. The molecule has 0 aromatic carbocycles. The summed E-state index contributed by atoms with van der Waals surface area (Å²) in [6.07, 6.45) is 4.78. The molecule has 0 spiro atoms. The van der Waals surface area contributed by atoms with E-state index in [0.29, 0.717) is 27.1 Å². The SMILES string of the molecule is CC(C)[C@H](O[Si](C)(C)C(C)(C)C)[C@H]1CCC[C@H]2[C@@H]1[Si]2(C(C)(C)C)C(C)(C)C. The van der Waals surface area contributed by atoms with Crippen LogP contribution in [0.1, 0.15) is 95.4 Å². The average molecular weight is 411 g/mol. The quantitative estimate of drug-likeness (QED) is 0.421. The summed E-state index contributed by atoms with van der Waals surface area (Å²) in [5.74, 6) is 1.41. The maximum Gasteiger partial charge on any atom is 0.192 e. The van der Waals surface area contributed by atoms with E-state index in [2.05, 4.69) is 89.3 Å². The van der Waals surface area contributed by atoms with Gasteiger partial charge in [0.1, 0.15) is 0 Å². The molecular weight excluding hydrogens is 360 g/mol. The first kappa shape index (κ1) is 23.7. The lowest BCUT2D eigenvalue weighted by Crippen LogP contribution is -2.49. The zero-order chi connectivity index (χ0) is 21.2. The number of hydrogen-bond acceptors (Lipinski definition) is 1. The topological polar surface area (TPSA) is 9.23 Å². The highest BCUT2D eigenvalue weighted by molar-refractivity contribution is 6.97. The molecule has 1 heterocycles. The first-order valence-electron chi connectivity index (χ1n) is 11.6. The van der Waals surface area contributed by atoms with Gasteiger partial charge in [-0.3, -0.25) is 0 Å². The maximum absolute atomic E-state index is 7.18. The fourth-order valence-electron chi connectivity index (χ4n) is 7.13. The zero-order valence-electron chi connectivity index (χ0n) is 20.9. The predicted octanol–water partition coefficient (Wildman–Crippen LogP) is 8.64. The van der Waals surface area contributed by atoms with Gasteiger partial charge in [-0.15, -0.1) is 0 Å². The van der Waals surface area contributed by atoms with Crippen LogP contribution in [0, 0.1) is 11.8 Å². The van der Waals surface area contributed by atoms with E-state index < -0.39 is 16.4 Å². The minimum Gasteiger partial charge on any atom is -0.413 e. The molecule has 0 aromatic rings. The van der Waals surface area contributed by atoms with E-state index in [1.165, 1.54) is 19.3 Å². The predicted molar refractivity (Wildman–Crippen MR) is 127 cm³/mol. The van der Waals surface area contributed by atoms with Crippen molar-refractivity contribution in [3.8, 4) is 0 Å². The van der Waals surface area contributed by atoms with E-state index in [9.17, 15) is 0 Å². The van der Waals surface area contributed by atoms with Crippen molar-refractivity contribution in [1.82, 2.24) is 0 Å².